The SMILES string of the molecule is CC1=C(/C=C/C(C)O)C(C)(C)CCC1=O.CCOC(=O)OCC. The van der Waals surface area contributed by atoms with Gasteiger partial charge in [-0.3, -0.25) is 4.79 Å². The lowest BCUT2D eigenvalue weighted by molar-refractivity contribution is -0.116. The van der Waals surface area contributed by atoms with E-state index in [1.165, 1.54) is 0 Å². The molecule has 0 saturated carbocycles. The van der Waals surface area contributed by atoms with Crippen LogP contribution in [0.4, 0.5) is 4.79 Å². The lowest BCUT2D eigenvalue weighted by Gasteiger charge is -2.32. The number of ether oxygens (including phenoxy) is 2. The first-order valence-electron chi connectivity index (χ1n) is 8.06. The Bertz CT molecular complexity index is 450. The molecule has 0 heterocycles. The second-order valence-electron chi connectivity index (χ2n) is 6.06. The van der Waals surface area contributed by atoms with Crippen LogP contribution in [0, 0.1) is 5.41 Å². The van der Waals surface area contributed by atoms with Gasteiger partial charge in [0.25, 0.3) is 0 Å². The van der Waals surface area contributed by atoms with Gasteiger partial charge in [-0.25, -0.2) is 4.79 Å². The van der Waals surface area contributed by atoms with Crippen LogP contribution in [-0.2, 0) is 14.3 Å². The molecule has 132 valence electrons. The average Bonchev–Trinajstić information content (AvgIpc) is 2.44. The van der Waals surface area contributed by atoms with Crippen molar-refractivity contribution >= 4 is 11.9 Å². The summed E-state index contributed by atoms with van der Waals surface area (Å²) in [6.45, 7) is 12.1. The Balaban J connectivity index is 0.000000515. The zero-order chi connectivity index (χ0) is 18.0. The number of rotatable bonds is 4. The molecule has 1 aliphatic rings. The topological polar surface area (TPSA) is 72.8 Å². The van der Waals surface area contributed by atoms with Gasteiger partial charge in [-0.05, 0) is 50.7 Å². The van der Waals surface area contributed by atoms with Crippen molar-refractivity contribution < 1.29 is 24.2 Å². The molecule has 1 unspecified atom stereocenters. The van der Waals surface area contributed by atoms with Crippen LogP contribution in [-0.4, -0.2) is 36.4 Å². The summed E-state index contributed by atoms with van der Waals surface area (Å²) in [5.74, 6) is 0.236. The highest BCUT2D eigenvalue weighted by atomic mass is 16.7. The summed E-state index contributed by atoms with van der Waals surface area (Å²) in [6.07, 6.45) is 4.12. The van der Waals surface area contributed by atoms with Crippen LogP contribution < -0.4 is 0 Å². The molecule has 1 atom stereocenters. The minimum absolute atomic E-state index is 0.0450. The summed E-state index contributed by atoms with van der Waals surface area (Å²) in [5, 5.41) is 9.21. The first-order chi connectivity index (χ1) is 10.7. The van der Waals surface area contributed by atoms with Gasteiger partial charge in [-0.1, -0.05) is 26.0 Å². The highest BCUT2D eigenvalue weighted by Gasteiger charge is 2.30. The fourth-order valence-corrected chi connectivity index (χ4v) is 2.27. The predicted octanol–water partition coefficient (Wildman–Crippen LogP) is 3.81. The van der Waals surface area contributed by atoms with E-state index < -0.39 is 12.3 Å². The summed E-state index contributed by atoms with van der Waals surface area (Å²) in [7, 11) is 0. The zero-order valence-electron chi connectivity index (χ0n) is 15.1. The van der Waals surface area contributed by atoms with Crippen LogP contribution in [0.1, 0.15) is 54.4 Å². The van der Waals surface area contributed by atoms with Crippen molar-refractivity contribution in [3.05, 3.63) is 23.3 Å². The second-order valence-corrected chi connectivity index (χ2v) is 6.06. The van der Waals surface area contributed by atoms with E-state index in [-0.39, 0.29) is 11.2 Å². The van der Waals surface area contributed by atoms with Gasteiger partial charge in [-0.15, -0.1) is 0 Å². The Labute approximate surface area is 139 Å². The molecule has 0 radical (unpaired) electrons. The van der Waals surface area contributed by atoms with Crippen molar-refractivity contribution in [2.24, 2.45) is 5.41 Å². The Morgan fingerprint density at radius 3 is 2.26 bits per heavy atom. The molecule has 23 heavy (non-hydrogen) atoms. The normalized spacial score (nSPS) is 18.3. The third-order valence-corrected chi connectivity index (χ3v) is 3.59. The smallest absolute Gasteiger partial charge is 0.435 e. The molecule has 0 amide bonds. The van der Waals surface area contributed by atoms with Crippen LogP contribution >= 0.6 is 0 Å². The Morgan fingerprint density at radius 2 is 1.83 bits per heavy atom. The predicted molar refractivity (Wildman–Crippen MR) is 90.2 cm³/mol. The number of aliphatic hydroxyl groups excluding tert-OH is 1. The molecule has 0 aromatic carbocycles. The third-order valence-electron chi connectivity index (χ3n) is 3.59. The van der Waals surface area contributed by atoms with Gasteiger partial charge in [0.2, 0.25) is 0 Å². The highest BCUT2D eigenvalue weighted by molar-refractivity contribution is 5.97. The Morgan fingerprint density at radius 1 is 1.30 bits per heavy atom. The zero-order valence-corrected chi connectivity index (χ0v) is 15.1. The van der Waals surface area contributed by atoms with Gasteiger partial charge >= 0.3 is 6.16 Å². The van der Waals surface area contributed by atoms with E-state index in [1.54, 1.807) is 26.8 Å². The highest BCUT2D eigenvalue weighted by Crippen LogP contribution is 2.39. The van der Waals surface area contributed by atoms with E-state index in [4.69, 9.17) is 0 Å². The van der Waals surface area contributed by atoms with E-state index in [9.17, 15) is 14.7 Å². The molecule has 1 aliphatic carbocycles. The van der Waals surface area contributed by atoms with Crippen molar-refractivity contribution in [1.29, 1.82) is 0 Å². The van der Waals surface area contributed by atoms with Crippen molar-refractivity contribution in [2.75, 3.05) is 13.2 Å². The Hall–Kier alpha value is -1.62. The summed E-state index contributed by atoms with van der Waals surface area (Å²) < 4.78 is 8.84. The molecule has 0 aromatic rings. The number of ketones is 1. The number of allylic oxidation sites excluding steroid dienone is 3. The lowest BCUT2D eigenvalue weighted by Crippen LogP contribution is -2.24. The molecule has 1 N–H and O–H groups in total. The largest absolute Gasteiger partial charge is 0.508 e. The number of hydrogen-bond acceptors (Lipinski definition) is 5. The van der Waals surface area contributed by atoms with Crippen LogP contribution in [0.15, 0.2) is 23.3 Å². The van der Waals surface area contributed by atoms with E-state index in [1.807, 2.05) is 13.0 Å². The van der Waals surface area contributed by atoms with Gasteiger partial charge in [0.1, 0.15) is 0 Å². The van der Waals surface area contributed by atoms with Crippen molar-refractivity contribution in [3.63, 3.8) is 0 Å². The maximum Gasteiger partial charge on any atom is 0.508 e. The summed E-state index contributed by atoms with van der Waals surface area (Å²) in [6, 6.07) is 0. The first-order valence-corrected chi connectivity index (χ1v) is 8.06. The minimum atomic E-state index is -0.588. The molecule has 0 saturated heterocycles. The van der Waals surface area contributed by atoms with Crippen molar-refractivity contribution in [1.82, 2.24) is 0 Å². The Kier molecular flexibility index (Phi) is 9.49. The maximum absolute atomic E-state index is 11.6. The number of aliphatic hydroxyl groups is 1. The first kappa shape index (κ1) is 21.4. The molecule has 0 aliphatic heterocycles. The van der Waals surface area contributed by atoms with Crippen molar-refractivity contribution in [2.45, 2.75) is 60.5 Å². The second kappa shape index (κ2) is 10.2. The number of carbonyl (C=O) groups excluding carboxylic acids is 2. The van der Waals surface area contributed by atoms with E-state index in [0.29, 0.717) is 19.6 Å². The van der Waals surface area contributed by atoms with Gasteiger partial charge in [0, 0.05) is 6.42 Å². The molecular formula is C18H30O5. The molecule has 0 aromatic heterocycles. The standard InChI is InChI=1S/C13H20O2.C5H10O3/c1-9(14)5-6-11-10(2)12(15)7-8-13(11,3)4;1-3-7-5(6)8-4-2/h5-6,9,14H,7-8H2,1-4H3;3-4H2,1-2H3/b6-5+;. The summed E-state index contributed by atoms with van der Waals surface area (Å²) in [4.78, 5) is 21.8. The number of carbonyl (C=O) groups is 2. The molecular weight excluding hydrogens is 296 g/mol. The lowest BCUT2D eigenvalue weighted by atomic mass is 9.72. The molecule has 0 bridgehead atoms. The van der Waals surface area contributed by atoms with Crippen LogP contribution in [0.25, 0.3) is 0 Å². The van der Waals surface area contributed by atoms with E-state index in [2.05, 4.69) is 23.3 Å². The van der Waals surface area contributed by atoms with Gasteiger partial charge in [0.15, 0.2) is 5.78 Å². The summed E-state index contributed by atoms with van der Waals surface area (Å²) in [5.41, 5.74) is 1.96. The van der Waals surface area contributed by atoms with E-state index >= 15 is 0 Å². The fourth-order valence-electron chi connectivity index (χ4n) is 2.27. The monoisotopic (exact) mass is 326 g/mol. The number of Topliss-reactive ketones (excluding diaryl/α,β-unsaturated/α-hetero) is 1. The van der Waals surface area contributed by atoms with Crippen LogP contribution in [0.5, 0.6) is 0 Å². The van der Waals surface area contributed by atoms with Crippen LogP contribution in [0.3, 0.4) is 0 Å². The minimum Gasteiger partial charge on any atom is -0.435 e. The van der Waals surface area contributed by atoms with Crippen LogP contribution in [0.2, 0.25) is 0 Å². The fraction of sp³-hybridized carbons (Fsp3) is 0.667. The average molecular weight is 326 g/mol. The van der Waals surface area contributed by atoms with E-state index in [0.717, 1.165) is 17.6 Å². The molecule has 5 heteroatoms. The number of hydrogen-bond donors (Lipinski definition) is 1. The van der Waals surface area contributed by atoms with Gasteiger partial charge in [0.05, 0.1) is 19.3 Å². The summed E-state index contributed by atoms with van der Waals surface area (Å²) >= 11 is 0. The van der Waals surface area contributed by atoms with Gasteiger partial charge < -0.3 is 14.6 Å². The molecule has 1 rings (SSSR count). The van der Waals surface area contributed by atoms with Crippen molar-refractivity contribution in [3.8, 4) is 0 Å². The molecule has 0 spiro atoms. The molecule has 0 fully saturated rings. The van der Waals surface area contributed by atoms with Gasteiger partial charge in [-0.2, -0.15) is 0 Å². The quantitative estimate of drug-likeness (QED) is 0.795. The third kappa shape index (κ3) is 7.98. The maximum atomic E-state index is 11.6. The molecule has 5 nitrogen and oxygen atoms in total.